The van der Waals surface area contributed by atoms with Crippen LogP contribution in [0.2, 0.25) is 0 Å². The number of amides is 1. The molecule has 7 atom stereocenters. The number of unbranched alkanes of at least 4 members (excludes halogenated alkanes) is 7. The number of likely N-dealkylation sites (tertiary alicyclic amines) is 1. The number of hydrogen-bond acceptors (Lipinski definition) is 8. The summed E-state index contributed by atoms with van der Waals surface area (Å²) >= 11 is 0. The van der Waals surface area contributed by atoms with E-state index in [1.807, 2.05) is 0 Å². The molecule has 7 rings (SSSR count). The first-order chi connectivity index (χ1) is 29.4. The lowest BCUT2D eigenvalue weighted by Gasteiger charge is -2.33. The van der Waals surface area contributed by atoms with Gasteiger partial charge in [0.2, 0.25) is 11.6 Å². The Hall–Kier alpha value is -4.42. The SMILES string of the molecule is CCCCCCCCN1[C@@H]2[C@H](Cn3cc(CNC(=O)CCCCCN4C(=CC=CC=CC5=[N+](C)c6ccccc6C5(C)C)C(C)(C)c5ccccc54)nn3)[C@@H](O)[C@H](O)[C@@H](O)[C@@H]21. The van der Waals surface area contributed by atoms with Gasteiger partial charge in [-0.05, 0) is 57.4 Å². The number of nitrogens with zero attached hydrogens (tertiary/aromatic N) is 6. The van der Waals surface area contributed by atoms with E-state index in [4.69, 9.17) is 0 Å². The van der Waals surface area contributed by atoms with E-state index >= 15 is 0 Å². The summed E-state index contributed by atoms with van der Waals surface area (Å²) in [5.41, 5.74) is 8.21. The van der Waals surface area contributed by atoms with Crippen molar-refractivity contribution in [3.05, 3.63) is 108 Å². The first-order valence-corrected chi connectivity index (χ1v) is 22.9. The summed E-state index contributed by atoms with van der Waals surface area (Å²) in [5, 5.41) is 43.9. The topological polar surface area (TPSA) is 130 Å². The second-order valence-electron chi connectivity index (χ2n) is 18.8. The molecule has 61 heavy (non-hydrogen) atoms. The second-order valence-corrected chi connectivity index (χ2v) is 18.8. The Morgan fingerprint density at radius 2 is 1.51 bits per heavy atom. The summed E-state index contributed by atoms with van der Waals surface area (Å²) in [4.78, 5) is 17.6. The molecule has 3 aromatic rings. The van der Waals surface area contributed by atoms with Crippen LogP contribution in [-0.2, 0) is 28.7 Å². The van der Waals surface area contributed by atoms with E-state index in [-0.39, 0.29) is 41.3 Å². The van der Waals surface area contributed by atoms with Crippen LogP contribution < -0.4 is 10.2 Å². The molecule has 2 aromatic carbocycles. The molecule has 3 aliphatic heterocycles. The second kappa shape index (κ2) is 19.3. The highest BCUT2D eigenvalue weighted by Gasteiger charge is 2.63. The predicted molar refractivity (Wildman–Crippen MR) is 243 cm³/mol. The van der Waals surface area contributed by atoms with Crippen molar-refractivity contribution < 1.29 is 24.7 Å². The van der Waals surface area contributed by atoms with Crippen molar-refractivity contribution in [3.8, 4) is 0 Å². The summed E-state index contributed by atoms with van der Waals surface area (Å²) < 4.78 is 3.99. The average Bonchev–Trinajstić information content (AvgIpc) is 3.61. The fourth-order valence-corrected chi connectivity index (χ4v) is 10.4. The van der Waals surface area contributed by atoms with Gasteiger partial charge in [0.1, 0.15) is 18.8 Å². The molecule has 0 radical (unpaired) electrons. The molecule has 2 fully saturated rings. The number of allylic oxidation sites excluding steroid dienone is 6. The normalized spacial score (nSPS) is 26.7. The molecular weight excluding hydrogens is 763 g/mol. The van der Waals surface area contributed by atoms with Gasteiger partial charge in [-0.2, -0.15) is 4.58 Å². The zero-order valence-electron chi connectivity index (χ0n) is 37.4. The van der Waals surface area contributed by atoms with Crippen LogP contribution in [0, 0.1) is 5.92 Å². The Kier molecular flexibility index (Phi) is 14.1. The van der Waals surface area contributed by atoms with Gasteiger partial charge in [-0.3, -0.25) is 14.4 Å². The number of rotatable bonds is 20. The molecule has 1 unspecified atom stereocenters. The highest BCUT2D eigenvalue weighted by atomic mass is 16.4. The molecule has 0 spiro atoms. The van der Waals surface area contributed by atoms with Gasteiger partial charge in [0.25, 0.3) is 0 Å². The van der Waals surface area contributed by atoms with Crippen molar-refractivity contribution in [2.45, 2.75) is 153 Å². The minimum Gasteiger partial charge on any atom is -0.390 e. The number of para-hydroxylation sites is 2. The van der Waals surface area contributed by atoms with Crippen molar-refractivity contribution in [2.24, 2.45) is 5.92 Å². The monoisotopic (exact) mass is 833 g/mol. The fourth-order valence-electron chi connectivity index (χ4n) is 10.4. The number of anilines is 1. The van der Waals surface area contributed by atoms with Crippen molar-refractivity contribution in [3.63, 3.8) is 0 Å². The highest BCUT2D eigenvalue weighted by molar-refractivity contribution is 6.03. The molecule has 4 heterocycles. The van der Waals surface area contributed by atoms with Crippen molar-refractivity contribution >= 4 is 23.0 Å². The average molecular weight is 833 g/mol. The highest BCUT2D eigenvalue weighted by Crippen LogP contribution is 2.48. The van der Waals surface area contributed by atoms with E-state index in [2.05, 4.69) is 151 Å². The number of carbonyl (C=O) groups excluding carboxylic acids is 1. The molecule has 1 aromatic heterocycles. The molecule has 11 heteroatoms. The quantitative estimate of drug-likeness (QED) is 0.0412. The fraction of sp³-hybridized carbons (Fsp3) is 0.560. The summed E-state index contributed by atoms with van der Waals surface area (Å²) in [6.45, 7) is 13.8. The molecule has 4 aliphatic rings. The largest absolute Gasteiger partial charge is 0.390 e. The number of aliphatic hydroxyl groups excluding tert-OH is 3. The van der Waals surface area contributed by atoms with E-state index in [9.17, 15) is 20.1 Å². The number of nitrogens with one attached hydrogen (secondary N) is 1. The third-order valence-corrected chi connectivity index (χ3v) is 13.9. The van der Waals surface area contributed by atoms with Gasteiger partial charge >= 0.3 is 0 Å². The smallest absolute Gasteiger partial charge is 0.220 e. The van der Waals surface area contributed by atoms with Crippen LogP contribution in [0.4, 0.5) is 11.4 Å². The molecule has 4 N–H and O–H groups in total. The minimum absolute atomic E-state index is 0.00545. The predicted octanol–water partition coefficient (Wildman–Crippen LogP) is 7.08. The lowest BCUT2D eigenvalue weighted by molar-refractivity contribution is -0.401. The number of aromatic nitrogens is 3. The summed E-state index contributed by atoms with van der Waals surface area (Å²) in [6, 6.07) is 17.2. The van der Waals surface area contributed by atoms with Crippen LogP contribution in [0.5, 0.6) is 0 Å². The van der Waals surface area contributed by atoms with E-state index in [0.717, 1.165) is 45.2 Å². The Morgan fingerprint density at radius 1 is 0.803 bits per heavy atom. The van der Waals surface area contributed by atoms with Gasteiger partial charge in [-0.1, -0.05) is 119 Å². The van der Waals surface area contributed by atoms with Gasteiger partial charge in [0.15, 0.2) is 5.71 Å². The lowest BCUT2D eigenvalue weighted by atomic mass is 9.81. The maximum absolute atomic E-state index is 12.9. The van der Waals surface area contributed by atoms with Crippen LogP contribution in [0.15, 0.2) is 90.8 Å². The van der Waals surface area contributed by atoms with Crippen LogP contribution in [-0.4, -0.2) is 102 Å². The molecule has 0 bridgehead atoms. The Morgan fingerprint density at radius 3 is 2.30 bits per heavy atom. The van der Waals surface area contributed by atoms with Gasteiger partial charge in [-0.25, -0.2) is 0 Å². The Balaban J connectivity index is 0.865. The van der Waals surface area contributed by atoms with Crippen LogP contribution >= 0.6 is 0 Å². The van der Waals surface area contributed by atoms with E-state index in [0.29, 0.717) is 18.7 Å². The van der Waals surface area contributed by atoms with E-state index in [1.165, 1.54) is 59.6 Å². The number of hydrogen-bond donors (Lipinski definition) is 4. The maximum atomic E-state index is 12.9. The summed E-state index contributed by atoms with van der Waals surface area (Å²) in [7, 11) is 2.15. The zero-order valence-corrected chi connectivity index (χ0v) is 37.4. The Labute approximate surface area is 363 Å². The minimum atomic E-state index is -1.19. The van der Waals surface area contributed by atoms with Gasteiger partial charge < -0.3 is 25.5 Å². The molecule has 1 aliphatic carbocycles. The molecule has 1 saturated carbocycles. The summed E-state index contributed by atoms with van der Waals surface area (Å²) in [5.74, 6) is -0.283. The number of aliphatic hydroxyl groups is 3. The zero-order chi connectivity index (χ0) is 43.3. The van der Waals surface area contributed by atoms with Gasteiger partial charge in [0.05, 0.1) is 36.4 Å². The molecule has 328 valence electrons. The van der Waals surface area contributed by atoms with Gasteiger partial charge in [0, 0.05) is 66.0 Å². The van der Waals surface area contributed by atoms with Gasteiger partial charge in [-0.15, -0.1) is 5.10 Å². The van der Waals surface area contributed by atoms with Crippen molar-refractivity contribution in [2.75, 3.05) is 25.0 Å². The third kappa shape index (κ3) is 9.50. The third-order valence-electron chi connectivity index (χ3n) is 13.9. The van der Waals surface area contributed by atoms with Crippen LogP contribution in [0.1, 0.15) is 116 Å². The maximum Gasteiger partial charge on any atom is 0.220 e. The van der Waals surface area contributed by atoms with Crippen molar-refractivity contribution in [1.29, 1.82) is 0 Å². The summed E-state index contributed by atoms with van der Waals surface area (Å²) in [6.07, 6.45) is 19.8. The Bertz CT molecular complexity index is 2120. The molecular formula is C50H70N7O4+. The molecule has 11 nitrogen and oxygen atoms in total. The number of benzene rings is 2. The molecule has 1 saturated heterocycles. The van der Waals surface area contributed by atoms with E-state index in [1.54, 1.807) is 10.9 Å². The molecule has 1 amide bonds. The van der Waals surface area contributed by atoms with Crippen molar-refractivity contribution in [1.82, 2.24) is 25.2 Å². The first-order valence-electron chi connectivity index (χ1n) is 22.9. The number of fused-ring (bicyclic) bond motifs is 3. The first kappa shape index (κ1) is 44.6. The standard InChI is InChI=1S/C50H69N7O4/c1-7-8-9-10-11-21-31-57-44-36(46(59)48(61)47(60)45(44)57)34-55-33-35(52-53-55)32-51-43(58)29-16-13-22-30-56-40-26-20-18-24-38(40)50(4,5)42(56)28-15-12-14-27-41-49(2,3)37-23-17-19-25-39(37)54(41)6/h12,14-15,17-20,23-28,33,36,44-48,59-61H,7-11,13,16,21-22,29-32,34H2,1-6H3/p+1/t36-,44+,45+,46+,47-,48-,57?/m0/s1. The van der Waals surface area contributed by atoms with E-state index < -0.39 is 18.3 Å². The van der Waals surface area contributed by atoms with Crippen LogP contribution in [0.25, 0.3) is 0 Å². The lowest BCUT2D eigenvalue weighted by Crippen LogP contribution is -2.52. The van der Waals surface area contributed by atoms with Crippen LogP contribution in [0.3, 0.4) is 0 Å². The number of carbonyl (C=O) groups is 1.